The zero-order valence-corrected chi connectivity index (χ0v) is 17.9. The Hall–Kier alpha value is -5.13. The van der Waals surface area contributed by atoms with Crippen molar-refractivity contribution >= 4 is 35.3 Å². The Morgan fingerprint density at radius 2 is 1.80 bits per heavy atom. The van der Waals surface area contributed by atoms with Gasteiger partial charge in [0.25, 0.3) is 17.5 Å². The van der Waals surface area contributed by atoms with Gasteiger partial charge in [0.1, 0.15) is 17.6 Å². The quantitative estimate of drug-likeness (QED) is 0.245. The molecule has 35 heavy (non-hydrogen) atoms. The number of anilines is 1. The predicted molar refractivity (Wildman–Crippen MR) is 119 cm³/mol. The van der Waals surface area contributed by atoms with Gasteiger partial charge in [-0.2, -0.15) is 0 Å². The lowest BCUT2D eigenvalue weighted by Gasteiger charge is -2.26. The molecule has 1 fully saturated rings. The van der Waals surface area contributed by atoms with Crippen LogP contribution in [0.25, 0.3) is 6.08 Å². The van der Waals surface area contributed by atoms with Crippen molar-refractivity contribution < 1.29 is 33.2 Å². The summed E-state index contributed by atoms with van der Waals surface area (Å²) < 4.78 is 24.2. The van der Waals surface area contributed by atoms with Crippen molar-refractivity contribution in [1.82, 2.24) is 10.3 Å². The zero-order valence-electron chi connectivity index (χ0n) is 17.9. The number of methoxy groups -OCH3 is 1. The molecule has 12 heteroatoms. The number of nitrogens with one attached hydrogen (secondary N) is 1. The van der Waals surface area contributed by atoms with Gasteiger partial charge in [0.2, 0.25) is 5.88 Å². The molecule has 0 atom stereocenters. The van der Waals surface area contributed by atoms with Crippen LogP contribution in [0.5, 0.6) is 17.4 Å². The number of imide groups is 2. The van der Waals surface area contributed by atoms with Crippen LogP contribution in [0.4, 0.5) is 20.6 Å². The number of nitro groups is 1. The minimum absolute atomic E-state index is 0.0790. The molecule has 176 valence electrons. The Morgan fingerprint density at radius 3 is 2.43 bits per heavy atom. The highest BCUT2D eigenvalue weighted by molar-refractivity contribution is 6.39. The van der Waals surface area contributed by atoms with Crippen LogP contribution in [-0.2, 0) is 9.59 Å². The highest BCUT2D eigenvalue weighted by Gasteiger charge is 2.36. The van der Waals surface area contributed by atoms with Crippen LogP contribution in [-0.4, -0.2) is 34.9 Å². The standard InChI is InChI=1S/C23H15FN4O7/c1-34-19-11-13(2-8-18(19)35-20-9-7-16(12-25-20)28(32)33)10-17-21(29)26-23(31)27(22(17)30)15-5-3-14(24)4-6-15/h2-12H,1H3,(H,26,29,31)/b17-10+. The van der Waals surface area contributed by atoms with Gasteiger partial charge in [-0.3, -0.25) is 25.0 Å². The summed E-state index contributed by atoms with van der Waals surface area (Å²) in [5.41, 5.74) is -0.0708. The van der Waals surface area contributed by atoms with Crippen molar-refractivity contribution in [3.8, 4) is 17.4 Å². The number of benzene rings is 2. The molecule has 4 amide bonds. The molecule has 1 aliphatic heterocycles. The number of carbonyl (C=O) groups excluding carboxylic acids is 3. The van der Waals surface area contributed by atoms with Crippen molar-refractivity contribution in [3.63, 3.8) is 0 Å². The Labute approximate surface area is 196 Å². The number of ether oxygens (including phenoxy) is 2. The van der Waals surface area contributed by atoms with Gasteiger partial charge >= 0.3 is 6.03 Å². The highest BCUT2D eigenvalue weighted by atomic mass is 19.1. The van der Waals surface area contributed by atoms with Crippen molar-refractivity contribution in [1.29, 1.82) is 0 Å². The van der Waals surface area contributed by atoms with Gasteiger partial charge in [0, 0.05) is 12.1 Å². The van der Waals surface area contributed by atoms with E-state index in [0.717, 1.165) is 23.2 Å². The number of hydrogen-bond acceptors (Lipinski definition) is 8. The maximum atomic E-state index is 13.2. The molecule has 0 spiro atoms. The number of pyridine rings is 1. The number of hydrogen-bond donors (Lipinski definition) is 1. The Balaban J connectivity index is 1.62. The van der Waals surface area contributed by atoms with Crippen LogP contribution < -0.4 is 19.7 Å². The maximum absolute atomic E-state index is 13.2. The number of rotatable bonds is 6. The first-order valence-corrected chi connectivity index (χ1v) is 9.90. The first kappa shape index (κ1) is 23.0. The molecule has 1 N–H and O–H groups in total. The lowest BCUT2D eigenvalue weighted by molar-refractivity contribution is -0.385. The number of halogens is 1. The molecule has 0 radical (unpaired) electrons. The summed E-state index contributed by atoms with van der Waals surface area (Å²) in [6, 6.07) is 10.7. The molecule has 0 aliphatic carbocycles. The zero-order chi connectivity index (χ0) is 25.1. The van der Waals surface area contributed by atoms with Crippen LogP contribution in [0.3, 0.4) is 0 Å². The normalized spacial score (nSPS) is 14.6. The number of barbiturate groups is 1. The van der Waals surface area contributed by atoms with E-state index in [4.69, 9.17) is 9.47 Å². The number of amides is 4. The van der Waals surface area contributed by atoms with Gasteiger partial charge in [0.15, 0.2) is 11.5 Å². The van der Waals surface area contributed by atoms with Crippen molar-refractivity contribution in [2.75, 3.05) is 12.0 Å². The monoisotopic (exact) mass is 478 g/mol. The van der Waals surface area contributed by atoms with E-state index in [1.807, 2.05) is 0 Å². The molecule has 2 heterocycles. The summed E-state index contributed by atoms with van der Waals surface area (Å²) in [5.74, 6) is -1.82. The third-order valence-electron chi connectivity index (χ3n) is 4.83. The fourth-order valence-electron chi connectivity index (χ4n) is 3.16. The van der Waals surface area contributed by atoms with E-state index in [1.165, 1.54) is 55.7 Å². The van der Waals surface area contributed by atoms with E-state index in [0.29, 0.717) is 5.56 Å². The van der Waals surface area contributed by atoms with Crippen LogP contribution >= 0.6 is 0 Å². The minimum atomic E-state index is -0.958. The Morgan fingerprint density at radius 1 is 1.06 bits per heavy atom. The van der Waals surface area contributed by atoms with Gasteiger partial charge in [0.05, 0.1) is 17.7 Å². The van der Waals surface area contributed by atoms with E-state index in [-0.39, 0.29) is 34.3 Å². The highest BCUT2D eigenvalue weighted by Crippen LogP contribution is 2.33. The fraction of sp³-hybridized carbons (Fsp3) is 0.0435. The topological polar surface area (TPSA) is 141 Å². The number of aromatic nitrogens is 1. The van der Waals surface area contributed by atoms with Gasteiger partial charge in [-0.1, -0.05) is 6.07 Å². The first-order valence-electron chi connectivity index (χ1n) is 9.90. The molecule has 1 aliphatic rings. The van der Waals surface area contributed by atoms with Gasteiger partial charge in [-0.25, -0.2) is 19.1 Å². The van der Waals surface area contributed by atoms with E-state index >= 15 is 0 Å². The molecule has 11 nitrogen and oxygen atoms in total. The van der Waals surface area contributed by atoms with Crippen molar-refractivity contribution in [3.05, 3.63) is 87.9 Å². The smallest absolute Gasteiger partial charge is 0.335 e. The van der Waals surface area contributed by atoms with E-state index in [9.17, 15) is 28.9 Å². The lowest BCUT2D eigenvalue weighted by atomic mass is 10.1. The summed E-state index contributed by atoms with van der Waals surface area (Å²) in [5, 5.41) is 12.8. The van der Waals surface area contributed by atoms with Crippen LogP contribution in [0.15, 0.2) is 66.4 Å². The van der Waals surface area contributed by atoms with E-state index in [2.05, 4.69) is 10.3 Å². The Bertz CT molecular complexity index is 1370. The fourth-order valence-corrected chi connectivity index (χ4v) is 3.16. The molecule has 2 aromatic carbocycles. The molecule has 1 saturated heterocycles. The van der Waals surface area contributed by atoms with Crippen molar-refractivity contribution in [2.24, 2.45) is 0 Å². The summed E-state index contributed by atoms with van der Waals surface area (Å²) in [7, 11) is 1.37. The molecular formula is C23H15FN4O7. The third kappa shape index (κ3) is 4.80. The SMILES string of the molecule is COc1cc(/C=C2\C(=O)NC(=O)N(c3ccc(F)cc3)C2=O)ccc1Oc1ccc([N+](=O)[O-])cn1. The largest absolute Gasteiger partial charge is 0.493 e. The second-order valence-corrected chi connectivity index (χ2v) is 7.06. The van der Waals surface area contributed by atoms with E-state index in [1.54, 1.807) is 0 Å². The maximum Gasteiger partial charge on any atom is 0.335 e. The average Bonchev–Trinajstić information content (AvgIpc) is 2.84. The summed E-state index contributed by atoms with van der Waals surface area (Å²) in [6.45, 7) is 0. The summed E-state index contributed by atoms with van der Waals surface area (Å²) >= 11 is 0. The average molecular weight is 478 g/mol. The molecule has 4 rings (SSSR count). The second kappa shape index (κ2) is 9.39. The molecule has 0 unspecified atom stereocenters. The van der Waals surface area contributed by atoms with Crippen LogP contribution in [0, 0.1) is 15.9 Å². The molecule has 1 aromatic heterocycles. The number of urea groups is 1. The van der Waals surface area contributed by atoms with Crippen LogP contribution in [0.1, 0.15) is 5.56 Å². The summed E-state index contributed by atoms with van der Waals surface area (Å²) in [4.78, 5) is 52.3. The first-order chi connectivity index (χ1) is 16.8. The molecular weight excluding hydrogens is 463 g/mol. The molecule has 0 saturated carbocycles. The molecule has 3 aromatic rings. The van der Waals surface area contributed by atoms with Crippen molar-refractivity contribution in [2.45, 2.75) is 0 Å². The van der Waals surface area contributed by atoms with E-state index < -0.39 is 28.6 Å². The number of nitrogens with zero attached hydrogens (tertiary/aromatic N) is 3. The number of carbonyl (C=O) groups is 3. The lowest BCUT2D eigenvalue weighted by Crippen LogP contribution is -2.54. The predicted octanol–water partition coefficient (Wildman–Crippen LogP) is 3.60. The molecule has 0 bridgehead atoms. The summed E-state index contributed by atoms with van der Waals surface area (Å²) in [6.07, 6.45) is 2.30. The minimum Gasteiger partial charge on any atom is -0.493 e. The Kier molecular flexibility index (Phi) is 6.18. The van der Waals surface area contributed by atoms with Gasteiger partial charge in [-0.15, -0.1) is 0 Å². The van der Waals surface area contributed by atoms with Gasteiger partial charge in [-0.05, 0) is 48.0 Å². The second-order valence-electron chi connectivity index (χ2n) is 7.06. The third-order valence-corrected chi connectivity index (χ3v) is 4.83. The van der Waals surface area contributed by atoms with Crippen LogP contribution in [0.2, 0.25) is 0 Å². The van der Waals surface area contributed by atoms with Gasteiger partial charge < -0.3 is 9.47 Å².